The zero-order chi connectivity index (χ0) is 14.8. The first-order valence-electron chi connectivity index (χ1n) is 6.70. The van der Waals surface area contributed by atoms with Crippen LogP contribution in [0, 0.1) is 0 Å². The van der Waals surface area contributed by atoms with Gasteiger partial charge in [0.2, 0.25) is 0 Å². The molecule has 0 spiro atoms. The Kier molecular flexibility index (Phi) is 4.17. The van der Waals surface area contributed by atoms with Crippen LogP contribution in [0.4, 0.5) is 0 Å². The summed E-state index contributed by atoms with van der Waals surface area (Å²) in [5, 5.41) is 0.742. The second-order valence-electron chi connectivity index (χ2n) is 4.99. The molecule has 1 aliphatic rings. The number of nitrogens with zero attached hydrogens (tertiary/aromatic N) is 2. The lowest BCUT2D eigenvalue weighted by Crippen LogP contribution is -2.35. The van der Waals surface area contributed by atoms with Crippen molar-refractivity contribution in [1.82, 2.24) is 4.90 Å². The molecular weight excluding hydrogens is 350 g/mol. The number of benzene rings is 2. The molecule has 21 heavy (non-hydrogen) atoms. The lowest BCUT2D eigenvalue weighted by molar-refractivity contribution is 0.340. The quantitative estimate of drug-likeness (QED) is 0.895. The zero-order valence-corrected chi connectivity index (χ0v) is 13.7. The predicted octanol–water partition coefficient (Wildman–Crippen LogP) is 3.97. The maximum Gasteiger partial charge on any atom is 0.192 e. The Morgan fingerprint density at radius 3 is 2.76 bits per heavy atom. The molecule has 0 bridgehead atoms. The molecule has 108 valence electrons. The van der Waals surface area contributed by atoms with Crippen LogP contribution in [0.2, 0.25) is 5.02 Å². The summed E-state index contributed by atoms with van der Waals surface area (Å²) in [6, 6.07) is 16.2. The molecule has 0 radical (unpaired) electrons. The van der Waals surface area contributed by atoms with Gasteiger partial charge >= 0.3 is 0 Å². The first kappa shape index (κ1) is 14.4. The Bertz CT molecular complexity index is 672. The van der Waals surface area contributed by atoms with Gasteiger partial charge in [-0.1, -0.05) is 57.9 Å². The Hall–Kier alpha value is -1.52. The van der Waals surface area contributed by atoms with Crippen molar-refractivity contribution < 1.29 is 0 Å². The lowest BCUT2D eigenvalue weighted by Gasteiger charge is -2.27. The van der Waals surface area contributed by atoms with E-state index in [4.69, 9.17) is 17.3 Å². The third-order valence-electron chi connectivity index (χ3n) is 3.61. The second-order valence-corrected chi connectivity index (χ2v) is 6.32. The van der Waals surface area contributed by atoms with E-state index in [1.165, 1.54) is 5.56 Å². The summed E-state index contributed by atoms with van der Waals surface area (Å²) < 4.78 is 1.01. The van der Waals surface area contributed by atoms with E-state index in [0.717, 1.165) is 21.6 Å². The van der Waals surface area contributed by atoms with Crippen LogP contribution in [-0.2, 0) is 6.54 Å². The highest BCUT2D eigenvalue weighted by atomic mass is 79.9. The van der Waals surface area contributed by atoms with E-state index in [1.54, 1.807) is 0 Å². The third kappa shape index (κ3) is 3.06. The fourth-order valence-corrected chi connectivity index (χ4v) is 3.16. The van der Waals surface area contributed by atoms with Crippen molar-refractivity contribution in [2.45, 2.75) is 12.6 Å². The molecule has 3 rings (SSSR count). The van der Waals surface area contributed by atoms with Gasteiger partial charge in [-0.2, -0.15) is 0 Å². The molecule has 1 atom stereocenters. The summed E-state index contributed by atoms with van der Waals surface area (Å²) in [6.07, 6.45) is 0. The normalized spacial score (nSPS) is 17.9. The largest absolute Gasteiger partial charge is 0.370 e. The number of halogens is 2. The summed E-state index contributed by atoms with van der Waals surface area (Å²) in [4.78, 5) is 6.49. The minimum absolute atomic E-state index is 0.0789. The molecule has 0 amide bonds. The number of nitrogens with two attached hydrogens (primary N) is 1. The molecule has 1 unspecified atom stereocenters. The van der Waals surface area contributed by atoms with Gasteiger partial charge < -0.3 is 10.6 Å². The maximum atomic E-state index is 6.35. The number of guanidine groups is 1. The topological polar surface area (TPSA) is 41.6 Å². The maximum absolute atomic E-state index is 6.35. The molecule has 0 aromatic heterocycles. The number of rotatable bonds is 3. The van der Waals surface area contributed by atoms with E-state index in [9.17, 15) is 0 Å². The predicted molar refractivity (Wildman–Crippen MR) is 90.4 cm³/mol. The van der Waals surface area contributed by atoms with E-state index >= 15 is 0 Å². The smallest absolute Gasteiger partial charge is 0.192 e. The zero-order valence-electron chi connectivity index (χ0n) is 11.3. The first-order chi connectivity index (χ1) is 10.1. The van der Waals surface area contributed by atoms with Crippen LogP contribution in [0.5, 0.6) is 0 Å². The molecule has 0 aliphatic carbocycles. The van der Waals surface area contributed by atoms with Gasteiger partial charge in [0.25, 0.3) is 0 Å². The van der Waals surface area contributed by atoms with E-state index in [2.05, 4.69) is 38.0 Å². The molecule has 2 aromatic carbocycles. The fourth-order valence-electron chi connectivity index (χ4n) is 2.54. The van der Waals surface area contributed by atoms with Crippen LogP contribution in [-0.4, -0.2) is 17.4 Å². The molecule has 2 aromatic rings. The highest BCUT2D eigenvalue weighted by Crippen LogP contribution is 2.33. The van der Waals surface area contributed by atoms with E-state index in [-0.39, 0.29) is 6.04 Å². The minimum atomic E-state index is 0.0789. The summed E-state index contributed by atoms with van der Waals surface area (Å²) in [7, 11) is 0. The van der Waals surface area contributed by atoms with Gasteiger partial charge in [0, 0.05) is 16.0 Å². The van der Waals surface area contributed by atoms with Gasteiger partial charge in [-0.05, 0) is 29.3 Å². The molecule has 0 fully saturated rings. The second kappa shape index (κ2) is 6.08. The van der Waals surface area contributed by atoms with Gasteiger partial charge in [-0.3, -0.25) is 4.99 Å². The van der Waals surface area contributed by atoms with E-state index in [1.807, 2.05) is 36.4 Å². The molecular formula is C16H15BrClN3. The van der Waals surface area contributed by atoms with Gasteiger partial charge in [-0.15, -0.1) is 0 Å². The van der Waals surface area contributed by atoms with Crippen molar-refractivity contribution in [3.63, 3.8) is 0 Å². The average Bonchev–Trinajstić information content (AvgIpc) is 2.84. The van der Waals surface area contributed by atoms with Crippen molar-refractivity contribution in [3.05, 3.63) is 69.2 Å². The molecule has 0 saturated carbocycles. The molecule has 3 nitrogen and oxygen atoms in total. The third-order valence-corrected chi connectivity index (χ3v) is 4.45. The Morgan fingerprint density at radius 2 is 2.00 bits per heavy atom. The number of hydrogen-bond acceptors (Lipinski definition) is 3. The molecule has 2 N–H and O–H groups in total. The lowest BCUT2D eigenvalue weighted by atomic mass is 10.1. The van der Waals surface area contributed by atoms with Crippen molar-refractivity contribution >= 4 is 33.5 Å². The highest BCUT2D eigenvalue weighted by molar-refractivity contribution is 9.10. The van der Waals surface area contributed by atoms with Crippen LogP contribution in [0.3, 0.4) is 0 Å². The molecule has 5 heteroatoms. The fraction of sp³-hybridized carbons (Fsp3) is 0.188. The van der Waals surface area contributed by atoms with Gasteiger partial charge in [0.1, 0.15) is 0 Å². The van der Waals surface area contributed by atoms with E-state index in [0.29, 0.717) is 12.5 Å². The Balaban J connectivity index is 1.90. The molecule has 1 heterocycles. The Labute approximate surface area is 137 Å². The number of hydrogen-bond donors (Lipinski definition) is 1. The van der Waals surface area contributed by atoms with Crippen molar-refractivity contribution in [2.75, 3.05) is 6.54 Å². The van der Waals surface area contributed by atoms with Crippen LogP contribution < -0.4 is 5.73 Å². The van der Waals surface area contributed by atoms with E-state index < -0.39 is 0 Å². The first-order valence-corrected chi connectivity index (χ1v) is 7.87. The minimum Gasteiger partial charge on any atom is -0.370 e. The Morgan fingerprint density at radius 1 is 1.24 bits per heavy atom. The standard InChI is InChI=1S/C16H15BrClN3/c17-12-6-7-14(18)13(8-12)15-9-20-16(19)21(15)10-11-4-2-1-3-5-11/h1-8,15H,9-10H2,(H2,19,20). The summed E-state index contributed by atoms with van der Waals surface area (Å²) in [5.74, 6) is 0.569. The van der Waals surface area contributed by atoms with Crippen molar-refractivity contribution in [3.8, 4) is 0 Å². The molecule has 0 saturated heterocycles. The molecule has 1 aliphatic heterocycles. The summed E-state index contributed by atoms with van der Waals surface area (Å²) >= 11 is 9.85. The summed E-state index contributed by atoms with van der Waals surface area (Å²) in [6.45, 7) is 1.36. The van der Waals surface area contributed by atoms with Crippen molar-refractivity contribution in [2.24, 2.45) is 10.7 Å². The SMILES string of the molecule is NC1=NCC(c2cc(Br)ccc2Cl)N1Cc1ccccc1. The van der Waals surface area contributed by atoms with Crippen LogP contribution >= 0.6 is 27.5 Å². The number of aliphatic imine (C=N–C) groups is 1. The summed E-state index contributed by atoms with van der Waals surface area (Å²) in [5.41, 5.74) is 8.31. The van der Waals surface area contributed by atoms with Gasteiger partial charge in [0.15, 0.2) is 5.96 Å². The average molecular weight is 365 g/mol. The van der Waals surface area contributed by atoms with Crippen molar-refractivity contribution in [1.29, 1.82) is 0 Å². The van der Waals surface area contributed by atoms with Gasteiger partial charge in [-0.25, -0.2) is 0 Å². The van der Waals surface area contributed by atoms with Gasteiger partial charge in [0.05, 0.1) is 12.6 Å². The highest BCUT2D eigenvalue weighted by Gasteiger charge is 2.29. The van der Waals surface area contributed by atoms with Crippen LogP contribution in [0.1, 0.15) is 17.2 Å². The van der Waals surface area contributed by atoms with Crippen LogP contribution in [0.15, 0.2) is 58.0 Å². The monoisotopic (exact) mass is 363 g/mol. The van der Waals surface area contributed by atoms with Crippen LogP contribution in [0.25, 0.3) is 0 Å².